The molecule has 0 spiro atoms. The number of benzene rings is 3. The normalized spacial score (nSPS) is 12.1. The molecule has 7 heteroatoms. The first-order valence-electron chi connectivity index (χ1n) is 9.72. The third-order valence-corrected chi connectivity index (χ3v) is 4.85. The van der Waals surface area contributed by atoms with Gasteiger partial charge >= 0.3 is 0 Å². The van der Waals surface area contributed by atoms with Gasteiger partial charge < -0.3 is 18.9 Å². The summed E-state index contributed by atoms with van der Waals surface area (Å²) < 4.78 is 21.9. The van der Waals surface area contributed by atoms with Crippen molar-refractivity contribution in [2.45, 2.75) is 13.5 Å². The molecular weight excluding hydrogens is 396 g/mol. The van der Waals surface area contributed by atoms with E-state index in [1.54, 1.807) is 37.6 Å². The molecule has 0 unspecified atom stereocenters. The van der Waals surface area contributed by atoms with Gasteiger partial charge in [-0.05, 0) is 60.0 Å². The Morgan fingerprint density at radius 1 is 1.06 bits per heavy atom. The summed E-state index contributed by atoms with van der Waals surface area (Å²) in [6.07, 6.45) is 1.54. The van der Waals surface area contributed by atoms with Crippen molar-refractivity contribution in [3.8, 4) is 23.0 Å². The second-order valence-electron chi connectivity index (χ2n) is 6.89. The molecular formula is C24H22N2O5. The third kappa shape index (κ3) is 4.78. The van der Waals surface area contributed by atoms with Gasteiger partial charge in [-0.25, -0.2) is 5.43 Å². The zero-order chi connectivity index (χ0) is 21.6. The fraction of sp³-hybridized carbons (Fsp3) is 0.167. The number of rotatable bonds is 7. The molecule has 0 fully saturated rings. The van der Waals surface area contributed by atoms with Crippen LogP contribution >= 0.6 is 0 Å². The van der Waals surface area contributed by atoms with Gasteiger partial charge in [0.05, 0.1) is 13.3 Å². The van der Waals surface area contributed by atoms with Crippen molar-refractivity contribution < 1.29 is 23.7 Å². The number of nitrogens with one attached hydrogen (secondary N) is 1. The number of hydrogen-bond acceptors (Lipinski definition) is 6. The largest absolute Gasteiger partial charge is 0.493 e. The lowest BCUT2D eigenvalue weighted by Crippen LogP contribution is -2.17. The Labute approximate surface area is 180 Å². The van der Waals surface area contributed by atoms with E-state index in [4.69, 9.17) is 18.9 Å². The smallest absolute Gasteiger partial charge is 0.271 e. The highest BCUT2D eigenvalue weighted by Crippen LogP contribution is 2.32. The van der Waals surface area contributed by atoms with Crippen LogP contribution < -0.4 is 24.4 Å². The van der Waals surface area contributed by atoms with Crippen molar-refractivity contribution in [2.24, 2.45) is 5.10 Å². The van der Waals surface area contributed by atoms with Crippen molar-refractivity contribution in [3.63, 3.8) is 0 Å². The molecule has 1 heterocycles. The predicted octanol–water partition coefficient (Wildman–Crippen LogP) is 4.08. The number of aryl methyl sites for hydroxylation is 1. The molecule has 0 bridgehead atoms. The zero-order valence-corrected chi connectivity index (χ0v) is 17.3. The van der Waals surface area contributed by atoms with E-state index in [1.165, 1.54) is 5.56 Å². The van der Waals surface area contributed by atoms with E-state index in [1.807, 2.05) is 43.3 Å². The number of hydrogen-bond donors (Lipinski definition) is 1. The van der Waals surface area contributed by atoms with Gasteiger partial charge in [0.15, 0.2) is 23.0 Å². The maximum atomic E-state index is 12.3. The van der Waals surface area contributed by atoms with Crippen molar-refractivity contribution in [1.29, 1.82) is 0 Å². The number of methoxy groups -OCH3 is 1. The lowest BCUT2D eigenvalue weighted by molar-refractivity contribution is 0.0954. The minimum Gasteiger partial charge on any atom is -0.493 e. The lowest BCUT2D eigenvalue weighted by Gasteiger charge is -2.12. The van der Waals surface area contributed by atoms with Crippen LogP contribution in [0.4, 0.5) is 0 Å². The molecule has 158 valence electrons. The van der Waals surface area contributed by atoms with E-state index in [0.717, 1.165) is 11.1 Å². The van der Waals surface area contributed by atoms with Crippen LogP contribution in [0.15, 0.2) is 65.8 Å². The molecule has 1 amide bonds. The highest BCUT2D eigenvalue weighted by molar-refractivity contribution is 5.95. The van der Waals surface area contributed by atoms with Crippen LogP contribution in [-0.4, -0.2) is 26.0 Å². The number of ether oxygens (including phenoxy) is 4. The van der Waals surface area contributed by atoms with E-state index in [0.29, 0.717) is 35.2 Å². The molecule has 3 aromatic carbocycles. The Kier molecular flexibility index (Phi) is 6.03. The molecule has 0 saturated heterocycles. The Morgan fingerprint density at radius 2 is 1.90 bits per heavy atom. The summed E-state index contributed by atoms with van der Waals surface area (Å²) in [7, 11) is 1.58. The number of fused-ring (bicyclic) bond motifs is 1. The highest BCUT2D eigenvalue weighted by atomic mass is 16.7. The van der Waals surface area contributed by atoms with Crippen molar-refractivity contribution >= 4 is 12.1 Å². The third-order valence-electron chi connectivity index (χ3n) is 4.85. The molecule has 1 N–H and O–H groups in total. The van der Waals surface area contributed by atoms with Gasteiger partial charge in [-0.1, -0.05) is 24.3 Å². The van der Waals surface area contributed by atoms with Gasteiger partial charge in [0.2, 0.25) is 6.79 Å². The van der Waals surface area contributed by atoms with E-state index in [2.05, 4.69) is 10.5 Å². The Balaban J connectivity index is 1.38. The monoisotopic (exact) mass is 418 g/mol. The average molecular weight is 418 g/mol. The molecule has 0 aromatic heterocycles. The van der Waals surface area contributed by atoms with Crippen LogP contribution in [0, 0.1) is 6.92 Å². The molecule has 3 aromatic rings. The van der Waals surface area contributed by atoms with Crippen molar-refractivity contribution in [2.75, 3.05) is 13.9 Å². The first-order valence-corrected chi connectivity index (χ1v) is 9.72. The van der Waals surface area contributed by atoms with Crippen LogP contribution in [0.3, 0.4) is 0 Å². The van der Waals surface area contributed by atoms with Crippen molar-refractivity contribution in [1.82, 2.24) is 5.43 Å². The van der Waals surface area contributed by atoms with Crippen LogP contribution in [0.25, 0.3) is 0 Å². The highest BCUT2D eigenvalue weighted by Gasteiger charge is 2.16. The van der Waals surface area contributed by atoms with Crippen LogP contribution in [0.5, 0.6) is 23.0 Å². The summed E-state index contributed by atoms with van der Waals surface area (Å²) >= 11 is 0. The summed E-state index contributed by atoms with van der Waals surface area (Å²) in [5.74, 6) is 2.03. The van der Waals surface area contributed by atoms with Gasteiger partial charge in [-0.15, -0.1) is 0 Å². The van der Waals surface area contributed by atoms with Gasteiger partial charge in [0.25, 0.3) is 5.91 Å². The average Bonchev–Trinajstić information content (AvgIpc) is 3.27. The summed E-state index contributed by atoms with van der Waals surface area (Å²) in [6.45, 7) is 2.65. The second-order valence-corrected chi connectivity index (χ2v) is 6.89. The van der Waals surface area contributed by atoms with Gasteiger partial charge in [0.1, 0.15) is 6.61 Å². The minimum absolute atomic E-state index is 0.158. The van der Waals surface area contributed by atoms with Gasteiger partial charge in [-0.2, -0.15) is 5.10 Å². The molecule has 1 aliphatic rings. The predicted molar refractivity (Wildman–Crippen MR) is 116 cm³/mol. The minimum atomic E-state index is -0.348. The van der Waals surface area contributed by atoms with E-state index in [9.17, 15) is 4.79 Å². The fourth-order valence-corrected chi connectivity index (χ4v) is 3.08. The maximum Gasteiger partial charge on any atom is 0.271 e. The van der Waals surface area contributed by atoms with Gasteiger partial charge in [-0.3, -0.25) is 4.79 Å². The van der Waals surface area contributed by atoms with Gasteiger partial charge in [0, 0.05) is 5.56 Å². The van der Waals surface area contributed by atoms with E-state index < -0.39 is 0 Å². The fourth-order valence-electron chi connectivity index (χ4n) is 3.08. The summed E-state index contributed by atoms with van der Waals surface area (Å²) in [5.41, 5.74) is 5.97. The standard InChI is InChI=1S/C24H22N2O5/c1-16-5-3-4-6-19(16)14-29-20-9-7-17(11-22(20)28-2)13-25-26-24(27)18-8-10-21-23(12-18)31-15-30-21/h3-13H,14-15H2,1-2H3,(H,26,27)/b25-13-. The SMILES string of the molecule is COc1cc(/C=N\NC(=O)c2ccc3c(c2)OCO3)ccc1OCc1ccccc1C. The molecule has 4 rings (SSSR count). The zero-order valence-electron chi connectivity index (χ0n) is 17.3. The number of amides is 1. The molecule has 0 atom stereocenters. The maximum absolute atomic E-state index is 12.3. The van der Waals surface area contributed by atoms with Crippen LogP contribution in [0.1, 0.15) is 27.0 Å². The molecule has 0 saturated carbocycles. The van der Waals surface area contributed by atoms with E-state index in [-0.39, 0.29) is 12.7 Å². The van der Waals surface area contributed by atoms with E-state index >= 15 is 0 Å². The summed E-state index contributed by atoms with van der Waals surface area (Å²) in [5, 5.41) is 4.03. The lowest BCUT2D eigenvalue weighted by atomic mass is 10.1. The molecule has 1 aliphatic heterocycles. The topological polar surface area (TPSA) is 78.4 Å². The number of carbonyl (C=O) groups excluding carboxylic acids is 1. The Bertz CT molecular complexity index is 1130. The molecule has 0 aliphatic carbocycles. The summed E-state index contributed by atoms with van der Waals surface area (Å²) in [6, 6.07) is 18.5. The molecule has 31 heavy (non-hydrogen) atoms. The number of nitrogens with zero attached hydrogens (tertiary/aromatic N) is 1. The number of hydrazone groups is 1. The summed E-state index contributed by atoms with van der Waals surface area (Å²) in [4.78, 5) is 12.3. The number of carbonyl (C=O) groups is 1. The second kappa shape index (κ2) is 9.21. The molecule has 7 nitrogen and oxygen atoms in total. The quantitative estimate of drug-likeness (QED) is 0.462. The van der Waals surface area contributed by atoms with Crippen molar-refractivity contribution in [3.05, 3.63) is 82.9 Å². The Hall–Kier alpha value is -4.00. The van der Waals surface area contributed by atoms with Crippen LogP contribution in [-0.2, 0) is 6.61 Å². The first-order chi connectivity index (χ1) is 15.1. The molecule has 0 radical (unpaired) electrons. The first kappa shape index (κ1) is 20.3. The Morgan fingerprint density at radius 3 is 2.74 bits per heavy atom. The van der Waals surface area contributed by atoms with Crippen LogP contribution in [0.2, 0.25) is 0 Å².